The smallest absolute Gasteiger partial charge is 0.191 e. The van der Waals surface area contributed by atoms with Gasteiger partial charge in [-0.1, -0.05) is 19.9 Å². The van der Waals surface area contributed by atoms with Gasteiger partial charge in [0.1, 0.15) is 12.1 Å². The lowest BCUT2D eigenvalue weighted by molar-refractivity contribution is 0.614. The summed E-state index contributed by atoms with van der Waals surface area (Å²) in [6, 6.07) is 4.02. The number of hydrogen-bond donors (Lipinski definition) is 2. The van der Waals surface area contributed by atoms with Crippen LogP contribution in [0.1, 0.15) is 19.4 Å². The van der Waals surface area contributed by atoms with Crippen molar-refractivity contribution in [2.45, 2.75) is 20.4 Å². The van der Waals surface area contributed by atoms with E-state index in [1.807, 2.05) is 29.1 Å². The number of imidazole rings is 1. The van der Waals surface area contributed by atoms with E-state index in [1.54, 1.807) is 19.6 Å². The molecule has 6 heteroatoms. The Hall–Kier alpha value is -2.37. The molecule has 2 N–H and O–H groups in total. The van der Waals surface area contributed by atoms with Crippen LogP contribution < -0.4 is 10.6 Å². The van der Waals surface area contributed by atoms with Crippen LogP contribution in [0.2, 0.25) is 0 Å². The molecular weight excluding hydrogens is 264 g/mol. The van der Waals surface area contributed by atoms with Gasteiger partial charge in [-0.2, -0.15) is 0 Å². The number of hydrogen-bond acceptors (Lipinski definition) is 3. The highest BCUT2D eigenvalue weighted by Crippen LogP contribution is 2.05. The average Bonchev–Trinajstić information content (AvgIpc) is 3.02. The van der Waals surface area contributed by atoms with E-state index in [-0.39, 0.29) is 0 Å². The molecule has 2 aromatic rings. The van der Waals surface area contributed by atoms with E-state index >= 15 is 0 Å². The highest BCUT2D eigenvalue weighted by molar-refractivity contribution is 5.79. The van der Waals surface area contributed by atoms with Gasteiger partial charge in [0.15, 0.2) is 5.96 Å². The van der Waals surface area contributed by atoms with Crippen molar-refractivity contribution in [3.8, 4) is 5.82 Å². The second kappa shape index (κ2) is 7.42. The average molecular weight is 286 g/mol. The molecule has 21 heavy (non-hydrogen) atoms. The van der Waals surface area contributed by atoms with Gasteiger partial charge in [-0.3, -0.25) is 9.56 Å². The molecule has 2 rings (SSSR count). The first kappa shape index (κ1) is 15.0. The normalized spacial score (nSPS) is 11.7. The molecule has 0 aliphatic heterocycles. The van der Waals surface area contributed by atoms with E-state index in [0.29, 0.717) is 12.5 Å². The zero-order valence-corrected chi connectivity index (χ0v) is 12.7. The van der Waals surface area contributed by atoms with E-state index in [0.717, 1.165) is 23.9 Å². The minimum atomic E-state index is 0.583. The highest BCUT2D eigenvalue weighted by Gasteiger charge is 2.01. The Morgan fingerprint density at radius 1 is 1.33 bits per heavy atom. The molecule has 0 spiro atoms. The maximum atomic E-state index is 4.42. The van der Waals surface area contributed by atoms with Crippen LogP contribution in [0.5, 0.6) is 0 Å². The largest absolute Gasteiger partial charge is 0.356 e. The Morgan fingerprint density at radius 2 is 2.19 bits per heavy atom. The molecule has 0 saturated carbocycles. The van der Waals surface area contributed by atoms with Crippen LogP contribution in [0.25, 0.3) is 5.82 Å². The molecule has 0 bridgehead atoms. The lowest BCUT2D eigenvalue weighted by atomic mass is 10.2. The topological polar surface area (TPSA) is 67.1 Å². The number of nitrogens with one attached hydrogen (secondary N) is 2. The van der Waals surface area contributed by atoms with E-state index < -0.39 is 0 Å². The minimum absolute atomic E-state index is 0.583. The molecule has 0 aliphatic carbocycles. The Morgan fingerprint density at radius 3 is 2.76 bits per heavy atom. The molecule has 2 heterocycles. The molecule has 0 unspecified atom stereocenters. The van der Waals surface area contributed by atoms with Crippen molar-refractivity contribution in [3.63, 3.8) is 0 Å². The summed E-state index contributed by atoms with van der Waals surface area (Å²) in [5, 5.41) is 6.55. The number of rotatable bonds is 5. The Labute approximate surface area is 125 Å². The molecule has 112 valence electrons. The lowest BCUT2D eigenvalue weighted by Gasteiger charge is -2.13. The molecule has 2 aromatic heterocycles. The number of nitrogens with zero attached hydrogens (tertiary/aromatic N) is 4. The van der Waals surface area contributed by atoms with Crippen LogP contribution in [0.3, 0.4) is 0 Å². The van der Waals surface area contributed by atoms with Gasteiger partial charge < -0.3 is 10.6 Å². The summed E-state index contributed by atoms with van der Waals surface area (Å²) in [5.74, 6) is 2.25. The third-order valence-electron chi connectivity index (χ3n) is 2.94. The summed E-state index contributed by atoms with van der Waals surface area (Å²) in [7, 11) is 1.77. The third kappa shape index (κ3) is 4.59. The molecule has 0 amide bonds. The first-order chi connectivity index (χ1) is 10.2. The van der Waals surface area contributed by atoms with Gasteiger partial charge >= 0.3 is 0 Å². The van der Waals surface area contributed by atoms with Crippen LogP contribution in [0.4, 0.5) is 0 Å². The summed E-state index contributed by atoms with van der Waals surface area (Å²) in [6.07, 6.45) is 7.20. The SMILES string of the molecule is CN=C(NCc1ccc(-n2ccnc2)nc1)NCC(C)C. The Bertz CT molecular complexity index is 556. The fourth-order valence-electron chi connectivity index (χ4n) is 1.78. The maximum Gasteiger partial charge on any atom is 0.191 e. The molecule has 0 radical (unpaired) electrons. The molecule has 6 nitrogen and oxygen atoms in total. The number of aromatic nitrogens is 3. The van der Waals surface area contributed by atoms with Crippen LogP contribution in [0, 0.1) is 5.92 Å². The van der Waals surface area contributed by atoms with Crippen molar-refractivity contribution < 1.29 is 0 Å². The second-order valence-electron chi connectivity index (χ2n) is 5.20. The molecule has 0 aromatic carbocycles. The van der Waals surface area contributed by atoms with Gasteiger partial charge in [-0.25, -0.2) is 9.97 Å². The van der Waals surface area contributed by atoms with Gasteiger partial charge in [0.2, 0.25) is 0 Å². The van der Waals surface area contributed by atoms with E-state index in [4.69, 9.17) is 0 Å². The monoisotopic (exact) mass is 286 g/mol. The van der Waals surface area contributed by atoms with Gasteiger partial charge in [-0.15, -0.1) is 0 Å². The summed E-state index contributed by atoms with van der Waals surface area (Å²) in [6.45, 7) is 5.92. The molecule has 0 atom stereocenters. The molecular formula is C15H22N6. The van der Waals surface area contributed by atoms with Crippen LogP contribution in [-0.2, 0) is 6.54 Å². The van der Waals surface area contributed by atoms with E-state index in [1.165, 1.54) is 0 Å². The van der Waals surface area contributed by atoms with Crippen molar-refractivity contribution in [1.82, 2.24) is 25.2 Å². The van der Waals surface area contributed by atoms with Crippen molar-refractivity contribution in [3.05, 3.63) is 42.6 Å². The standard InChI is InChI=1S/C15H22N6/c1-12(2)8-19-15(16-3)20-10-13-4-5-14(18-9-13)21-7-6-17-11-21/h4-7,9,11-12H,8,10H2,1-3H3,(H2,16,19,20). The fraction of sp³-hybridized carbons (Fsp3) is 0.400. The zero-order valence-electron chi connectivity index (χ0n) is 12.7. The van der Waals surface area contributed by atoms with Crippen molar-refractivity contribution in [2.75, 3.05) is 13.6 Å². The molecule has 0 aliphatic rings. The highest BCUT2D eigenvalue weighted by atomic mass is 15.2. The van der Waals surface area contributed by atoms with Gasteiger partial charge in [0, 0.05) is 38.7 Å². The first-order valence-electron chi connectivity index (χ1n) is 7.07. The van der Waals surface area contributed by atoms with E-state index in [2.05, 4.69) is 39.4 Å². The van der Waals surface area contributed by atoms with Crippen molar-refractivity contribution in [1.29, 1.82) is 0 Å². The fourth-order valence-corrected chi connectivity index (χ4v) is 1.78. The summed E-state index contributed by atoms with van der Waals surface area (Å²) in [4.78, 5) is 12.6. The first-order valence-corrected chi connectivity index (χ1v) is 7.07. The third-order valence-corrected chi connectivity index (χ3v) is 2.94. The predicted octanol–water partition coefficient (Wildman–Crippen LogP) is 1.59. The van der Waals surface area contributed by atoms with Crippen LogP contribution in [-0.4, -0.2) is 34.1 Å². The van der Waals surface area contributed by atoms with Gasteiger partial charge in [-0.05, 0) is 17.5 Å². The summed E-state index contributed by atoms with van der Waals surface area (Å²) < 4.78 is 1.88. The summed E-state index contributed by atoms with van der Waals surface area (Å²) in [5.41, 5.74) is 1.10. The van der Waals surface area contributed by atoms with Crippen LogP contribution >= 0.6 is 0 Å². The van der Waals surface area contributed by atoms with Gasteiger partial charge in [0.05, 0.1) is 0 Å². The molecule has 0 saturated heterocycles. The minimum Gasteiger partial charge on any atom is -0.356 e. The lowest BCUT2D eigenvalue weighted by Crippen LogP contribution is -2.38. The second-order valence-corrected chi connectivity index (χ2v) is 5.20. The van der Waals surface area contributed by atoms with Crippen LogP contribution in [0.15, 0.2) is 42.0 Å². The molecule has 0 fully saturated rings. The predicted molar refractivity (Wildman–Crippen MR) is 84.4 cm³/mol. The van der Waals surface area contributed by atoms with Crippen molar-refractivity contribution >= 4 is 5.96 Å². The van der Waals surface area contributed by atoms with E-state index in [9.17, 15) is 0 Å². The number of aliphatic imine (C=N–C) groups is 1. The Balaban J connectivity index is 1.88. The number of pyridine rings is 1. The Kier molecular flexibility index (Phi) is 5.31. The quantitative estimate of drug-likeness (QED) is 0.647. The number of guanidine groups is 1. The van der Waals surface area contributed by atoms with Crippen molar-refractivity contribution in [2.24, 2.45) is 10.9 Å². The summed E-state index contributed by atoms with van der Waals surface area (Å²) >= 11 is 0. The zero-order chi connectivity index (χ0) is 15.1. The van der Waals surface area contributed by atoms with Gasteiger partial charge in [0.25, 0.3) is 0 Å². The maximum absolute atomic E-state index is 4.42.